The number of hydrogen-bond acceptors (Lipinski definition) is 4. The molecule has 2 heterocycles. The summed E-state index contributed by atoms with van der Waals surface area (Å²) in [6, 6.07) is 3.70. The molecule has 0 aromatic carbocycles. The van der Waals surface area contributed by atoms with Gasteiger partial charge in [0.2, 0.25) is 0 Å². The van der Waals surface area contributed by atoms with Crippen LogP contribution in [0, 0.1) is 0 Å². The predicted molar refractivity (Wildman–Crippen MR) is 88.9 cm³/mol. The number of pyridine rings is 1. The van der Waals surface area contributed by atoms with Crippen molar-refractivity contribution < 1.29 is 4.79 Å². The van der Waals surface area contributed by atoms with Crippen molar-refractivity contribution in [2.75, 3.05) is 7.05 Å². The Bertz CT molecular complexity index is 612. The summed E-state index contributed by atoms with van der Waals surface area (Å²) < 4.78 is 0. The first-order chi connectivity index (χ1) is 10.5. The van der Waals surface area contributed by atoms with Crippen molar-refractivity contribution in [3.63, 3.8) is 0 Å². The first kappa shape index (κ1) is 16.4. The molecule has 0 unspecified atom stereocenters. The Morgan fingerprint density at radius 3 is 2.77 bits per heavy atom. The third-order valence-corrected chi connectivity index (χ3v) is 4.75. The molecule has 118 valence electrons. The minimum atomic E-state index is -0.115. The molecule has 0 spiro atoms. The summed E-state index contributed by atoms with van der Waals surface area (Å²) in [7, 11) is 1.79. The van der Waals surface area contributed by atoms with Crippen LogP contribution in [-0.4, -0.2) is 27.9 Å². The molecule has 2 aromatic rings. The zero-order valence-corrected chi connectivity index (χ0v) is 14.2. The molecule has 1 N–H and O–H groups in total. The van der Waals surface area contributed by atoms with Gasteiger partial charge in [-0.1, -0.05) is 19.9 Å². The van der Waals surface area contributed by atoms with Gasteiger partial charge in [0.15, 0.2) is 0 Å². The van der Waals surface area contributed by atoms with E-state index in [-0.39, 0.29) is 12.1 Å². The van der Waals surface area contributed by atoms with Gasteiger partial charge < -0.3 is 10.2 Å². The number of aromatic nitrogens is 2. The third kappa shape index (κ3) is 4.04. The molecule has 0 aliphatic rings. The van der Waals surface area contributed by atoms with Gasteiger partial charge in [-0.05, 0) is 18.6 Å². The minimum Gasteiger partial charge on any atom is -0.332 e. The van der Waals surface area contributed by atoms with Gasteiger partial charge in [-0.2, -0.15) is 0 Å². The molecule has 22 heavy (non-hydrogen) atoms. The van der Waals surface area contributed by atoms with Crippen molar-refractivity contribution in [3.05, 3.63) is 46.2 Å². The summed E-state index contributed by atoms with van der Waals surface area (Å²) in [4.78, 5) is 22.5. The summed E-state index contributed by atoms with van der Waals surface area (Å²) in [5.74, 6) is 0.419. The molecule has 0 saturated carbocycles. The fourth-order valence-electron chi connectivity index (χ4n) is 1.98. The van der Waals surface area contributed by atoms with Crippen LogP contribution < -0.4 is 5.32 Å². The molecule has 2 aromatic heterocycles. The summed E-state index contributed by atoms with van der Waals surface area (Å²) in [5.41, 5.74) is 1.92. The maximum Gasteiger partial charge on any atom is 0.317 e. The van der Waals surface area contributed by atoms with E-state index in [0.717, 1.165) is 16.3 Å². The van der Waals surface area contributed by atoms with Crippen molar-refractivity contribution in [1.82, 2.24) is 20.2 Å². The van der Waals surface area contributed by atoms with Crippen LogP contribution >= 0.6 is 11.3 Å². The maximum absolute atomic E-state index is 12.2. The molecule has 1 atom stereocenters. The number of rotatable bonds is 5. The van der Waals surface area contributed by atoms with Gasteiger partial charge in [0.25, 0.3) is 0 Å². The fraction of sp³-hybridized carbons (Fsp3) is 0.438. The lowest BCUT2D eigenvalue weighted by atomic mass is 10.1. The van der Waals surface area contributed by atoms with Gasteiger partial charge in [0.1, 0.15) is 0 Å². The molecule has 0 bridgehead atoms. The number of carbonyl (C=O) groups excluding carboxylic acids is 1. The van der Waals surface area contributed by atoms with Crippen LogP contribution in [0.5, 0.6) is 0 Å². The highest BCUT2D eigenvalue weighted by Crippen LogP contribution is 2.20. The van der Waals surface area contributed by atoms with E-state index in [9.17, 15) is 4.79 Å². The van der Waals surface area contributed by atoms with Crippen LogP contribution in [0.25, 0.3) is 0 Å². The molecular weight excluding hydrogens is 296 g/mol. The Hall–Kier alpha value is -1.95. The van der Waals surface area contributed by atoms with E-state index in [1.54, 1.807) is 35.7 Å². The fourth-order valence-corrected chi connectivity index (χ4v) is 2.82. The van der Waals surface area contributed by atoms with E-state index >= 15 is 0 Å². The van der Waals surface area contributed by atoms with Crippen molar-refractivity contribution in [2.24, 2.45) is 0 Å². The minimum absolute atomic E-state index is 0.0321. The number of carbonyl (C=O) groups is 1. The lowest BCUT2D eigenvalue weighted by Gasteiger charge is -2.25. The number of hydrogen-bond donors (Lipinski definition) is 1. The second kappa shape index (κ2) is 7.35. The summed E-state index contributed by atoms with van der Waals surface area (Å²) >= 11 is 1.64. The van der Waals surface area contributed by atoms with E-state index < -0.39 is 0 Å². The van der Waals surface area contributed by atoms with Gasteiger partial charge in [-0.25, -0.2) is 9.78 Å². The van der Waals surface area contributed by atoms with E-state index in [1.165, 1.54) is 0 Å². The highest BCUT2D eigenvalue weighted by molar-refractivity contribution is 7.09. The Morgan fingerprint density at radius 1 is 1.41 bits per heavy atom. The number of nitrogens with zero attached hydrogens (tertiary/aromatic N) is 3. The molecule has 0 aliphatic heterocycles. The molecule has 5 nitrogen and oxygen atoms in total. The lowest BCUT2D eigenvalue weighted by Crippen LogP contribution is -2.38. The standard InChI is InChI=1S/C16H22N4OS/c1-11(2)15-19-14(10-22-15)9-18-16(21)20(4)12(3)13-6-5-7-17-8-13/h5-8,10-12H,9H2,1-4H3,(H,18,21)/t12-/m1/s1. The van der Waals surface area contributed by atoms with Crippen molar-refractivity contribution in [2.45, 2.75) is 39.3 Å². The number of amides is 2. The molecule has 6 heteroatoms. The molecule has 2 rings (SSSR count). The normalized spacial score (nSPS) is 12.2. The molecular formula is C16H22N4OS. The van der Waals surface area contributed by atoms with Gasteiger partial charge in [0, 0.05) is 30.7 Å². The predicted octanol–water partition coefficient (Wildman–Crippen LogP) is 3.56. The molecule has 0 aliphatic carbocycles. The Morgan fingerprint density at radius 2 is 2.18 bits per heavy atom. The van der Waals surface area contributed by atoms with Gasteiger partial charge in [0.05, 0.1) is 23.3 Å². The average Bonchev–Trinajstić information content (AvgIpc) is 3.01. The zero-order valence-electron chi connectivity index (χ0n) is 13.4. The van der Waals surface area contributed by atoms with Crippen LogP contribution in [0.3, 0.4) is 0 Å². The Kier molecular flexibility index (Phi) is 5.49. The summed E-state index contributed by atoms with van der Waals surface area (Å²) in [5, 5.41) is 6.01. The van der Waals surface area contributed by atoms with Crippen LogP contribution in [0.4, 0.5) is 4.79 Å². The van der Waals surface area contributed by atoms with E-state index in [4.69, 9.17) is 0 Å². The number of thiazole rings is 1. The van der Waals surface area contributed by atoms with Crippen molar-refractivity contribution >= 4 is 17.4 Å². The maximum atomic E-state index is 12.2. The number of nitrogens with one attached hydrogen (secondary N) is 1. The SMILES string of the molecule is CC(C)c1nc(CNC(=O)N(C)[C@H](C)c2cccnc2)cs1. The third-order valence-electron chi connectivity index (χ3n) is 3.55. The van der Waals surface area contributed by atoms with E-state index in [2.05, 4.69) is 29.1 Å². The molecule has 2 amide bonds. The van der Waals surface area contributed by atoms with Crippen molar-refractivity contribution in [3.8, 4) is 0 Å². The second-order valence-electron chi connectivity index (χ2n) is 5.56. The van der Waals surface area contributed by atoms with Crippen LogP contribution in [-0.2, 0) is 6.54 Å². The summed E-state index contributed by atoms with van der Waals surface area (Å²) in [6.45, 7) is 6.66. The largest absolute Gasteiger partial charge is 0.332 e. The zero-order chi connectivity index (χ0) is 16.1. The second-order valence-corrected chi connectivity index (χ2v) is 6.45. The Balaban J connectivity index is 1.91. The molecule has 0 radical (unpaired) electrons. The van der Waals surface area contributed by atoms with Crippen LogP contribution in [0.1, 0.15) is 49.0 Å². The lowest BCUT2D eigenvalue weighted by molar-refractivity contribution is 0.194. The van der Waals surface area contributed by atoms with E-state index in [0.29, 0.717) is 12.5 Å². The van der Waals surface area contributed by atoms with Crippen molar-refractivity contribution in [1.29, 1.82) is 0 Å². The first-order valence-corrected chi connectivity index (χ1v) is 8.22. The van der Waals surface area contributed by atoms with E-state index in [1.807, 2.05) is 24.4 Å². The topological polar surface area (TPSA) is 58.1 Å². The first-order valence-electron chi connectivity index (χ1n) is 7.34. The molecule has 0 saturated heterocycles. The highest BCUT2D eigenvalue weighted by Gasteiger charge is 2.17. The quantitative estimate of drug-likeness (QED) is 0.917. The smallest absolute Gasteiger partial charge is 0.317 e. The Labute approximate surface area is 135 Å². The monoisotopic (exact) mass is 318 g/mol. The molecule has 0 fully saturated rings. The number of urea groups is 1. The van der Waals surface area contributed by atoms with Gasteiger partial charge in [-0.3, -0.25) is 4.98 Å². The highest BCUT2D eigenvalue weighted by atomic mass is 32.1. The summed E-state index contributed by atoms with van der Waals surface area (Å²) in [6.07, 6.45) is 3.51. The van der Waals surface area contributed by atoms with Gasteiger partial charge >= 0.3 is 6.03 Å². The average molecular weight is 318 g/mol. The van der Waals surface area contributed by atoms with Gasteiger partial charge in [-0.15, -0.1) is 11.3 Å². The van der Waals surface area contributed by atoms with Crippen LogP contribution in [0.15, 0.2) is 29.9 Å². The van der Waals surface area contributed by atoms with Crippen LogP contribution in [0.2, 0.25) is 0 Å².